The molecule has 4 rings (SSSR count). The minimum atomic E-state index is -0.697. The number of carbonyl (C=O) groups is 1. The van der Waals surface area contributed by atoms with E-state index in [2.05, 4.69) is 57.7 Å². The Morgan fingerprint density at radius 2 is 2.00 bits per heavy atom. The maximum absolute atomic E-state index is 13.8. The molecule has 7 nitrogen and oxygen atoms in total. The summed E-state index contributed by atoms with van der Waals surface area (Å²) in [6, 6.07) is 11.3. The first kappa shape index (κ1) is 27.8. The largest absolute Gasteiger partial charge is 0.449 e. The Morgan fingerprint density at radius 1 is 1.24 bits per heavy atom. The zero-order valence-electron chi connectivity index (χ0n) is 22.9. The molecule has 2 heterocycles. The number of ether oxygens (including phenoxy) is 1. The number of aryl methyl sites for hydroxylation is 1. The van der Waals surface area contributed by atoms with Crippen LogP contribution in [0.3, 0.4) is 0 Å². The van der Waals surface area contributed by atoms with Crippen molar-refractivity contribution in [3.8, 4) is 0 Å². The molecular weight excluding hydrogens is 501 g/mol. The SMILES string of the molecule is C=C(NCc1ccc2[nH]cnc2c1)N(Cc1ccc(F)cc1C)C1CCN(C(=O)OCCS(C)(C)C)CC1. The maximum Gasteiger partial charge on any atom is 0.409 e. The highest BCUT2D eigenvalue weighted by Gasteiger charge is 2.29. The molecule has 1 fully saturated rings. The Morgan fingerprint density at radius 3 is 2.71 bits per heavy atom. The van der Waals surface area contributed by atoms with Gasteiger partial charge < -0.3 is 24.8 Å². The predicted molar refractivity (Wildman–Crippen MR) is 155 cm³/mol. The van der Waals surface area contributed by atoms with Gasteiger partial charge in [0.15, 0.2) is 0 Å². The van der Waals surface area contributed by atoms with E-state index >= 15 is 0 Å². The summed E-state index contributed by atoms with van der Waals surface area (Å²) in [5.41, 5.74) is 5.01. The molecule has 1 aromatic heterocycles. The van der Waals surface area contributed by atoms with Crippen molar-refractivity contribution in [1.29, 1.82) is 0 Å². The molecule has 206 valence electrons. The Hall–Kier alpha value is -3.20. The molecule has 0 bridgehead atoms. The second-order valence-electron chi connectivity index (χ2n) is 10.9. The number of nitrogens with one attached hydrogen (secondary N) is 2. The second kappa shape index (κ2) is 12.1. The lowest BCUT2D eigenvalue weighted by molar-refractivity contribution is 0.0799. The van der Waals surface area contributed by atoms with Gasteiger partial charge in [0.05, 0.1) is 23.2 Å². The number of halogens is 1. The molecule has 3 aromatic rings. The van der Waals surface area contributed by atoms with Crippen LogP contribution in [-0.4, -0.2) is 76.1 Å². The molecule has 0 unspecified atom stereocenters. The monoisotopic (exact) mass is 541 g/mol. The standard InChI is InChI=1S/C29H40FN5O2S/c1-21-16-25(30)8-7-24(21)19-35(22(2)31-18-23-6-9-27-28(17-23)33-20-32-27)26-10-12-34(13-11-26)29(36)37-14-15-38(3,4)5/h6-9,16-17,20,26,31H,2,10-15,18-19H2,1,3-5H3,(H,32,33). The number of fused-ring (bicyclic) bond motifs is 1. The van der Waals surface area contributed by atoms with Crippen LogP contribution in [0.5, 0.6) is 0 Å². The summed E-state index contributed by atoms with van der Waals surface area (Å²) in [5.74, 6) is 1.49. The van der Waals surface area contributed by atoms with Gasteiger partial charge in [-0.15, -0.1) is 0 Å². The van der Waals surface area contributed by atoms with Gasteiger partial charge in [-0.05, 0) is 79.5 Å². The van der Waals surface area contributed by atoms with E-state index in [9.17, 15) is 9.18 Å². The average molecular weight is 542 g/mol. The maximum atomic E-state index is 13.8. The van der Waals surface area contributed by atoms with Crippen LogP contribution in [-0.2, 0) is 17.8 Å². The normalized spacial score (nSPS) is 14.9. The van der Waals surface area contributed by atoms with Crippen molar-refractivity contribution in [2.45, 2.75) is 38.9 Å². The van der Waals surface area contributed by atoms with Crippen LogP contribution in [0.15, 0.2) is 55.1 Å². The van der Waals surface area contributed by atoms with Crippen LogP contribution >= 0.6 is 10.0 Å². The number of piperidine rings is 1. The van der Waals surface area contributed by atoms with Gasteiger partial charge in [0.2, 0.25) is 0 Å². The summed E-state index contributed by atoms with van der Waals surface area (Å²) in [6.45, 7) is 9.27. The summed E-state index contributed by atoms with van der Waals surface area (Å²) in [7, 11) is -0.697. The van der Waals surface area contributed by atoms with Gasteiger partial charge in [-0.2, -0.15) is 0 Å². The number of likely N-dealkylation sites (tertiary alicyclic amines) is 1. The first-order valence-electron chi connectivity index (χ1n) is 13.0. The lowest BCUT2D eigenvalue weighted by Gasteiger charge is -2.40. The Kier molecular flexibility index (Phi) is 8.87. The van der Waals surface area contributed by atoms with Gasteiger partial charge in [0.1, 0.15) is 12.4 Å². The van der Waals surface area contributed by atoms with Crippen molar-refractivity contribution in [3.63, 3.8) is 0 Å². The van der Waals surface area contributed by atoms with E-state index in [0.29, 0.717) is 32.8 Å². The van der Waals surface area contributed by atoms with E-state index in [-0.39, 0.29) is 18.0 Å². The average Bonchev–Trinajstić information content (AvgIpc) is 3.34. The fraction of sp³-hybridized carbons (Fsp3) is 0.448. The zero-order valence-corrected chi connectivity index (χ0v) is 23.7. The minimum absolute atomic E-state index is 0.191. The van der Waals surface area contributed by atoms with E-state index in [0.717, 1.165) is 52.1 Å². The van der Waals surface area contributed by atoms with E-state index in [1.54, 1.807) is 12.4 Å². The van der Waals surface area contributed by atoms with E-state index in [1.165, 1.54) is 6.07 Å². The van der Waals surface area contributed by atoms with Gasteiger partial charge in [-0.3, -0.25) is 0 Å². The number of aromatic amines is 1. The van der Waals surface area contributed by atoms with Gasteiger partial charge in [-0.1, -0.05) is 18.7 Å². The highest BCUT2D eigenvalue weighted by atomic mass is 32.3. The lowest BCUT2D eigenvalue weighted by atomic mass is 10.0. The number of amides is 1. The van der Waals surface area contributed by atoms with Crippen LogP contribution in [0, 0.1) is 12.7 Å². The van der Waals surface area contributed by atoms with Crippen molar-refractivity contribution in [2.75, 3.05) is 44.2 Å². The lowest BCUT2D eigenvalue weighted by Crippen LogP contribution is -2.48. The summed E-state index contributed by atoms with van der Waals surface area (Å²) in [6.07, 6.45) is 9.75. The smallest absolute Gasteiger partial charge is 0.409 e. The highest BCUT2D eigenvalue weighted by Crippen LogP contribution is 2.33. The highest BCUT2D eigenvalue weighted by molar-refractivity contribution is 8.32. The van der Waals surface area contributed by atoms with E-state index in [1.807, 2.05) is 24.0 Å². The molecule has 1 aliphatic heterocycles. The molecule has 0 aliphatic carbocycles. The molecule has 1 amide bonds. The van der Waals surface area contributed by atoms with Crippen LogP contribution in [0.25, 0.3) is 11.0 Å². The van der Waals surface area contributed by atoms with Crippen LogP contribution in [0.4, 0.5) is 9.18 Å². The molecular formula is C29H40FN5O2S. The van der Waals surface area contributed by atoms with Crippen molar-refractivity contribution in [1.82, 2.24) is 25.1 Å². The number of hydrogen-bond acceptors (Lipinski definition) is 5. The number of carbonyl (C=O) groups excluding carboxylic acids is 1. The van der Waals surface area contributed by atoms with Gasteiger partial charge in [0, 0.05) is 38.0 Å². The second-order valence-corrected chi connectivity index (χ2v) is 15.5. The van der Waals surface area contributed by atoms with Crippen molar-refractivity contribution >= 4 is 27.2 Å². The third kappa shape index (κ3) is 7.43. The molecule has 1 saturated heterocycles. The number of aromatic nitrogens is 2. The molecule has 38 heavy (non-hydrogen) atoms. The first-order valence-corrected chi connectivity index (χ1v) is 16.1. The third-order valence-electron chi connectivity index (χ3n) is 7.06. The number of benzene rings is 2. The van der Waals surface area contributed by atoms with Crippen molar-refractivity contribution in [3.05, 3.63) is 77.6 Å². The summed E-state index contributed by atoms with van der Waals surface area (Å²) >= 11 is 0. The molecule has 2 N–H and O–H groups in total. The first-order chi connectivity index (χ1) is 18.1. The molecule has 2 aromatic carbocycles. The summed E-state index contributed by atoms with van der Waals surface area (Å²) in [5, 5.41) is 3.50. The number of H-pyrrole nitrogens is 1. The number of rotatable bonds is 10. The van der Waals surface area contributed by atoms with Crippen molar-refractivity contribution < 1.29 is 13.9 Å². The molecule has 0 radical (unpaired) electrons. The topological polar surface area (TPSA) is 73.5 Å². The van der Waals surface area contributed by atoms with Gasteiger partial charge in [-0.25, -0.2) is 24.2 Å². The predicted octanol–water partition coefficient (Wildman–Crippen LogP) is 5.37. The third-order valence-corrected chi connectivity index (χ3v) is 8.45. The van der Waals surface area contributed by atoms with Gasteiger partial charge in [0.25, 0.3) is 0 Å². The Labute approximate surface area is 226 Å². The fourth-order valence-electron chi connectivity index (χ4n) is 4.69. The Bertz CT molecular complexity index is 1260. The van der Waals surface area contributed by atoms with E-state index in [4.69, 9.17) is 4.74 Å². The molecule has 0 spiro atoms. The summed E-state index contributed by atoms with van der Waals surface area (Å²) < 4.78 is 19.3. The van der Waals surface area contributed by atoms with E-state index < -0.39 is 10.0 Å². The fourth-order valence-corrected chi connectivity index (χ4v) is 5.27. The van der Waals surface area contributed by atoms with Crippen LogP contribution < -0.4 is 5.32 Å². The molecule has 9 heteroatoms. The zero-order chi connectivity index (χ0) is 27.3. The minimum Gasteiger partial charge on any atom is -0.449 e. The Balaban J connectivity index is 1.40. The van der Waals surface area contributed by atoms with Crippen molar-refractivity contribution in [2.24, 2.45) is 0 Å². The molecule has 1 aliphatic rings. The van der Waals surface area contributed by atoms with Crippen LogP contribution in [0.1, 0.15) is 29.5 Å². The summed E-state index contributed by atoms with van der Waals surface area (Å²) in [4.78, 5) is 24.2. The number of hydrogen-bond donors (Lipinski definition) is 2. The molecule has 0 atom stereocenters. The molecule has 0 saturated carbocycles. The van der Waals surface area contributed by atoms with Crippen LogP contribution in [0.2, 0.25) is 0 Å². The number of imidazole rings is 1. The quantitative estimate of drug-likeness (QED) is 0.361. The van der Waals surface area contributed by atoms with Gasteiger partial charge >= 0.3 is 6.09 Å². The number of nitrogens with zero attached hydrogens (tertiary/aromatic N) is 3.